The molecule has 40 heavy (non-hydrogen) atoms. The minimum Gasteiger partial charge on any atom is -0.494 e. The normalized spacial score (nSPS) is 14.9. The highest BCUT2D eigenvalue weighted by Crippen LogP contribution is 2.41. The van der Waals surface area contributed by atoms with Crippen LogP contribution in [0.5, 0.6) is 17.4 Å². The first-order valence-corrected chi connectivity index (χ1v) is 14.6. The van der Waals surface area contributed by atoms with Crippen LogP contribution in [0.15, 0.2) is 24.4 Å². The molecule has 212 valence electrons. The van der Waals surface area contributed by atoms with Crippen molar-refractivity contribution in [3.63, 3.8) is 0 Å². The average molecular weight is 585 g/mol. The number of fused-ring (bicyclic) bond motifs is 1. The van der Waals surface area contributed by atoms with E-state index >= 15 is 0 Å². The lowest BCUT2D eigenvalue weighted by Gasteiger charge is -2.20. The zero-order valence-corrected chi connectivity index (χ0v) is 24.3. The molecule has 0 saturated heterocycles. The number of anilines is 3. The molecule has 1 aliphatic heterocycles. The summed E-state index contributed by atoms with van der Waals surface area (Å²) in [5.41, 5.74) is 2.23. The van der Waals surface area contributed by atoms with E-state index < -0.39 is 0 Å². The summed E-state index contributed by atoms with van der Waals surface area (Å²) in [6.45, 7) is 7.35. The highest BCUT2D eigenvalue weighted by atomic mass is 35.5. The van der Waals surface area contributed by atoms with Crippen LogP contribution in [0, 0.1) is 11.3 Å². The number of carbonyl (C=O) groups excluding carboxylic acids is 1. The summed E-state index contributed by atoms with van der Waals surface area (Å²) in [7, 11) is 0. The Bertz CT molecular complexity index is 1430. The number of aromatic nitrogens is 2. The van der Waals surface area contributed by atoms with Crippen LogP contribution in [0.3, 0.4) is 0 Å². The molecule has 2 aromatic heterocycles. The quantitative estimate of drug-likeness (QED) is 0.165. The molecule has 3 heterocycles. The van der Waals surface area contributed by atoms with E-state index in [-0.39, 0.29) is 39.8 Å². The van der Waals surface area contributed by atoms with E-state index in [0.717, 1.165) is 29.2 Å². The number of nitrogens with zero attached hydrogens (tertiary/aromatic N) is 3. The van der Waals surface area contributed by atoms with E-state index in [2.05, 4.69) is 20.0 Å². The number of amides is 1. The Labute approximate surface area is 242 Å². The maximum Gasteiger partial charge on any atom is 0.261 e. The highest BCUT2D eigenvalue weighted by Gasteiger charge is 2.31. The Morgan fingerprint density at radius 2 is 2.05 bits per heavy atom. The van der Waals surface area contributed by atoms with Crippen LogP contribution in [0.4, 0.5) is 16.5 Å². The fourth-order valence-electron chi connectivity index (χ4n) is 4.93. The molecule has 1 amide bonds. The third-order valence-corrected chi connectivity index (χ3v) is 7.98. The molecule has 1 aromatic carbocycles. The smallest absolute Gasteiger partial charge is 0.261 e. The standard InChI is InChI=1S/C28H33ClN6O4S/c1-4-38-17-11-21-18(22(12-17)39-5-2)8-9-35(21)28(37)19-14-31-23(13-20(19)29)33-27-24(26(36)34-40-27)25(30)32-15(3)10-16-6-7-16/h11-16H,4-10H2,1-3H3,(H2,30,32)(H,31,33)(H,34,36). The Kier molecular flexibility index (Phi) is 8.32. The lowest BCUT2D eigenvalue weighted by Crippen LogP contribution is -2.33. The summed E-state index contributed by atoms with van der Waals surface area (Å²) < 4.78 is 15.5. The van der Waals surface area contributed by atoms with Crippen molar-refractivity contribution in [1.29, 1.82) is 5.41 Å². The molecule has 1 saturated carbocycles. The summed E-state index contributed by atoms with van der Waals surface area (Å²) in [5.74, 6) is 2.02. The number of hydrogen-bond donors (Lipinski definition) is 4. The van der Waals surface area contributed by atoms with Gasteiger partial charge in [-0.25, -0.2) is 4.98 Å². The van der Waals surface area contributed by atoms with Crippen LogP contribution in [-0.2, 0) is 6.42 Å². The molecule has 1 aliphatic carbocycles. The largest absolute Gasteiger partial charge is 0.494 e. The summed E-state index contributed by atoms with van der Waals surface area (Å²) in [6.07, 6.45) is 5.54. The van der Waals surface area contributed by atoms with E-state index in [9.17, 15) is 9.90 Å². The lowest BCUT2D eigenvalue weighted by atomic mass is 10.1. The van der Waals surface area contributed by atoms with Gasteiger partial charge in [-0.15, -0.1) is 0 Å². The fraction of sp³-hybridized carbons (Fsp3) is 0.429. The summed E-state index contributed by atoms with van der Waals surface area (Å²) in [6, 6.07) is 5.38. The van der Waals surface area contributed by atoms with Crippen molar-refractivity contribution in [3.05, 3.63) is 46.1 Å². The van der Waals surface area contributed by atoms with Gasteiger partial charge in [-0.3, -0.25) is 10.2 Å². The molecule has 0 radical (unpaired) electrons. The molecule has 1 unspecified atom stereocenters. The number of hydrogen-bond acceptors (Lipinski definition) is 9. The molecule has 1 fully saturated rings. The molecular formula is C28H33ClN6O4S. The number of aromatic hydroxyl groups is 1. The summed E-state index contributed by atoms with van der Waals surface area (Å²) in [5, 5.41) is 25.8. The van der Waals surface area contributed by atoms with Crippen molar-refractivity contribution in [2.75, 3.05) is 30.0 Å². The van der Waals surface area contributed by atoms with Gasteiger partial charge in [0, 0.05) is 42.5 Å². The first-order valence-electron chi connectivity index (χ1n) is 13.5. The number of pyridine rings is 1. The summed E-state index contributed by atoms with van der Waals surface area (Å²) >= 11 is 7.61. The van der Waals surface area contributed by atoms with Crippen LogP contribution in [0.2, 0.25) is 5.02 Å². The Morgan fingerprint density at radius 3 is 2.75 bits per heavy atom. The maximum atomic E-state index is 13.6. The Morgan fingerprint density at radius 1 is 1.27 bits per heavy atom. The van der Waals surface area contributed by atoms with Gasteiger partial charge in [0.05, 0.1) is 29.5 Å². The second-order valence-corrected chi connectivity index (χ2v) is 11.2. The number of carbonyl (C=O) groups is 1. The Hall–Kier alpha value is -3.57. The summed E-state index contributed by atoms with van der Waals surface area (Å²) in [4.78, 5) is 19.7. The van der Waals surface area contributed by atoms with E-state index in [0.29, 0.717) is 54.4 Å². The predicted octanol–water partition coefficient (Wildman–Crippen LogP) is 5.74. The predicted molar refractivity (Wildman–Crippen MR) is 157 cm³/mol. The third-order valence-electron chi connectivity index (χ3n) is 6.92. The number of benzene rings is 1. The van der Waals surface area contributed by atoms with Gasteiger partial charge < -0.3 is 30.1 Å². The first-order chi connectivity index (χ1) is 19.3. The van der Waals surface area contributed by atoms with E-state index in [1.54, 1.807) is 11.0 Å². The lowest BCUT2D eigenvalue weighted by molar-refractivity contribution is 0.0989. The number of amidine groups is 1. The van der Waals surface area contributed by atoms with Crippen molar-refractivity contribution in [2.45, 2.75) is 52.5 Å². The van der Waals surface area contributed by atoms with Crippen molar-refractivity contribution >= 4 is 51.4 Å². The van der Waals surface area contributed by atoms with Crippen LogP contribution >= 0.6 is 23.1 Å². The topological polar surface area (TPSA) is 133 Å². The van der Waals surface area contributed by atoms with Crippen LogP contribution in [-0.4, -0.2) is 52.0 Å². The fourth-order valence-corrected chi connectivity index (χ4v) is 5.87. The van der Waals surface area contributed by atoms with Gasteiger partial charge >= 0.3 is 0 Å². The number of ether oxygens (including phenoxy) is 2. The van der Waals surface area contributed by atoms with Gasteiger partial charge in [0.15, 0.2) is 0 Å². The van der Waals surface area contributed by atoms with Gasteiger partial charge in [-0.1, -0.05) is 24.4 Å². The molecule has 5 rings (SSSR count). The zero-order valence-electron chi connectivity index (χ0n) is 22.7. The molecule has 0 bridgehead atoms. The maximum absolute atomic E-state index is 13.6. The van der Waals surface area contributed by atoms with Gasteiger partial charge in [0.25, 0.3) is 5.91 Å². The van der Waals surface area contributed by atoms with Crippen LogP contribution in [0.25, 0.3) is 0 Å². The van der Waals surface area contributed by atoms with E-state index in [4.69, 9.17) is 26.5 Å². The van der Waals surface area contributed by atoms with E-state index in [1.807, 2.05) is 32.9 Å². The minimum absolute atomic E-state index is 0.0883. The van der Waals surface area contributed by atoms with Gasteiger partial charge in [0.1, 0.15) is 33.7 Å². The second-order valence-electron chi connectivity index (χ2n) is 9.98. The molecule has 1 atom stereocenters. The molecule has 2 aliphatic rings. The molecule has 10 nitrogen and oxygen atoms in total. The van der Waals surface area contributed by atoms with Gasteiger partial charge in [0.2, 0.25) is 5.88 Å². The van der Waals surface area contributed by atoms with Crippen molar-refractivity contribution in [1.82, 2.24) is 14.7 Å². The zero-order chi connectivity index (χ0) is 28.4. The molecule has 0 spiro atoms. The van der Waals surface area contributed by atoms with Gasteiger partial charge in [-0.2, -0.15) is 4.37 Å². The van der Waals surface area contributed by atoms with Crippen molar-refractivity contribution < 1.29 is 19.4 Å². The average Bonchev–Trinajstić information content (AvgIpc) is 3.49. The third kappa shape index (κ3) is 5.95. The second kappa shape index (κ2) is 11.9. The first kappa shape index (κ1) is 28.0. The monoisotopic (exact) mass is 584 g/mol. The van der Waals surface area contributed by atoms with Crippen LogP contribution < -0.4 is 25.0 Å². The number of nitrogens with one attached hydrogen (secondary N) is 3. The SMILES string of the molecule is CCOc1cc(OCC)c2c(c1)N(C(=O)c1cnc(Nc3snc(O)c3C(=N)NC(C)CC3CC3)cc1Cl)CC2. The van der Waals surface area contributed by atoms with Crippen LogP contribution in [0.1, 0.15) is 61.5 Å². The number of halogens is 1. The Balaban J connectivity index is 1.33. The highest BCUT2D eigenvalue weighted by molar-refractivity contribution is 7.11. The molecule has 3 aromatic rings. The number of rotatable bonds is 11. The van der Waals surface area contributed by atoms with Crippen molar-refractivity contribution in [3.8, 4) is 17.4 Å². The molecule has 4 N–H and O–H groups in total. The molecular weight excluding hydrogens is 552 g/mol. The molecule has 12 heteroatoms. The van der Waals surface area contributed by atoms with Gasteiger partial charge in [-0.05, 0) is 51.1 Å². The van der Waals surface area contributed by atoms with Crippen molar-refractivity contribution in [2.24, 2.45) is 5.92 Å². The minimum atomic E-state index is -0.273. The van der Waals surface area contributed by atoms with E-state index in [1.165, 1.54) is 19.0 Å².